The van der Waals surface area contributed by atoms with E-state index in [0.717, 1.165) is 6.54 Å². The lowest BCUT2D eigenvalue weighted by molar-refractivity contribution is 0.662. The van der Waals surface area contributed by atoms with Crippen molar-refractivity contribution in [1.82, 2.24) is 24.7 Å². The van der Waals surface area contributed by atoms with Crippen LogP contribution in [0, 0.1) is 0 Å². The van der Waals surface area contributed by atoms with Crippen molar-refractivity contribution in [1.29, 1.82) is 0 Å². The molecule has 0 aliphatic heterocycles. The fourth-order valence-corrected chi connectivity index (χ4v) is 1.36. The summed E-state index contributed by atoms with van der Waals surface area (Å²) in [6, 6.07) is 1.85. The minimum Gasteiger partial charge on any atom is -0.368 e. The number of aromatic nitrogens is 5. The van der Waals surface area contributed by atoms with Crippen LogP contribution in [0.15, 0.2) is 12.3 Å². The van der Waals surface area contributed by atoms with Crippen molar-refractivity contribution in [2.45, 2.75) is 13.5 Å². The summed E-state index contributed by atoms with van der Waals surface area (Å²) < 4.78 is 1.81. The van der Waals surface area contributed by atoms with E-state index in [1.54, 1.807) is 9.58 Å². The normalized spacial score (nSPS) is 10.4. The average molecular weight is 248 g/mol. The zero-order valence-corrected chi connectivity index (χ0v) is 10.6. The Morgan fingerprint density at radius 1 is 1.33 bits per heavy atom. The van der Waals surface area contributed by atoms with Crippen LogP contribution >= 0.6 is 0 Å². The Hall–Kier alpha value is -2.38. The number of nitrogens with zero attached hydrogens (tertiary/aromatic N) is 6. The van der Waals surface area contributed by atoms with Crippen molar-refractivity contribution in [3.05, 3.63) is 12.3 Å². The fourth-order valence-electron chi connectivity index (χ4n) is 1.36. The van der Waals surface area contributed by atoms with Gasteiger partial charge in [-0.15, -0.1) is 0 Å². The molecule has 0 radical (unpaired) electrons. The topological polar surface area (TPSA) is 97.8 Å². The zero-order valence-electron chi connectivity index (χ0n) is 10.6. The van der Waals surface area contributed by atoms with E-state index in [1.165, 1.54) is 0 Å². The fraction of sp³-hybridized carbons (Fsp3) is 0.400. The van der Waals surface area contributed by atoms with Crippen LogP contribution < -0.4 is 16.0 Å². The summed E-state index contributed by atoms with van der Waals surface area (Å²) in [6.45, 7) is 2.83. The summed E-state index contributed by atoms with van der Waals surface area (Å²) in [4.78, 5) is 14.0. The van der Waals surface area contributed by atoms with Gasteiger partial charge in [0.05, 0.1) is 0 Å². The minimum atomic E-state index is 0.172. The van der Waals surface area contributed by atoms with Crippen LogP contribution in [0.5, 0.6) is 0 Å². The molecule has 0 saturated carbocycles. The molecule has 0 unspecified atom stereocenters. The first-order chi connectivity index (χ1) is 8.58. The van der Waals surface area contributed by atoms with E-state index in [4.69, 9.17) is 5.73 Å². The number of anilines is 4. The molecule has 2 aromatic heterocycles. The Labute approximate surface area is 105 Å². The molecule has 0 aromatic carbocycles. The van der Waals surface area contributed by atoms with E-state index >= 15 is 0 Å². The number of nitrogen functional groups attached to an aromatic ring is 1. The summed E-state index contributed by atoms with van der Waals surface area (Å²) in [6.07, 6.45) is 1.87. The summed E-state index contributed by atoms with van der Waals surface area (Å²) in [5.74, 6) is 1.73. The zero-order chi connectivity index (χ0) is 13.1. The second-order valence-electron chi connectivity index (χ2n) is 3.89. The standard InChI is InChI=1S/C10H16N8/c1-4-18-6-5-7(16-18)12-9-13-8(11)14-10(15-9)17(2)3/h5-6H,4H2,1-3H3,(H3,11,12,13,14,15,16). The largest absolute Gasteiger partial charge is 0.368 e. The molecule has 8 heteroatoms. The maximum absolute atomic E-state index is 5.63. The molecule has 0 fully saturated rings. The highest BCUT2D eigenvalue weighted by Crippen LogP contribution is 2.13. The van der Waals surface area contributed by atoms with E-state index in [1.807, 2.05) is 33.3 Å². The van der Waals surface area contributed by atoms with Crippen LogP contribution in [0.3, 0.4) is 0 Å². The SMILES string of the molecule is CCn1ccc(Nc2nc(N)nc(N(C)C)n2)n1. The second kappa shape index (κ2) is 4.86. The third kappa shape index (κ3) is 2.65. The lowest BCUT2D eigenvalue weighted by Crippen LogP contribution is -2.15. The number of rotatable bonds is 4. The Kier molecular flexibility index (Phi) is 3.26. The van der Waals surface area contributed by atoms with Crippen molar-refractivity contribution in [2.24, 2.45) is 0 Å². The molecule has 2 heterocycles. The summed E-state index contributed by atoms with van der Waals surface area (Å²) in [7, 11) is 3.68. The molecule has 0 aliphatic rings. The number of aryl methyl sites for hydroxylation is 1. The van der Waals surface area contributed by atoms with E-state index in [9.17, 15) is 0 Å². The number of nitrogens with two attached hydrogens (primary N) is 1. The molecule has 3 N–H and O–H groups in total. The molecule has 0 saturated heterocycles. The van der Waals surface area contributed by atoms with Gasteiger partial charge in [-0.05, 0) is 6.92 Å². The Morgan fingerprint density at radius 3 is 2.72 bits per heavy atom. The molecular formula is C10H16N8. The van der Waals surface area contributed by atoms with Gasteiger partial charge in [0.15, 0.2) is 5.82 Å². The Morgan fingerprint density at radius 2 is 2.11 bits per heavy atom. The third-order valence-electron chi connectivity index (χ3n) is 2.25. The minimum absolute atomic E-state index is 0.172. The van der Waals surface area contributed by atoms with Gasteiger partial charge in [0, 0.05) is 32.9 Å². The van der Waals surface area contributed by atoms with Crippen LogP contribution in [-0.2, 0) is 6.54 Å². The molecule has 0 spiro atoms. The van der Waals surface area contributed by atoms with Crippen LogP contribution in [0.25, 0.3) is 0 Å². The summed E-state index contributed by atoms with van der Waals surface area (Å²) in [5, 5.41) is 7.27. The second-order valence-corrected chi connectivity index (χ2v) is 3.89. The smallest absolute Gasteiger partial charge is 0.235 e. The maximum atomic E-state index is 5.63. The van der Waals surface area contributed by atoms with Gasteiger partial charge < -0.3 is 16.0 Å². The quantitative estimate of drug-likeness (QED) is 0.812. The van der Waals surface area contributed by atoms with Gasteiger partial charge in [-0.1, -0.05) is 0 Å². The molecule has 2 rings (SSSR count). The van der Waals surface area contributed by atoms with E-state index < -0.39 is 0 Å². The van der Waals surface area contributed by atoms with Crippen molar-refractivity contribution >= 4 is 23.7 Å². The first-order valence-corrected chi connectivity index (χ1v) is 5.58. The van der Waals surface area contributed by atoms with Crippen molar-refractivity contribution < 1.29 is 0 Å². The molecule has 18 heavy (non-hydrogen) atoms. The summed E-state index contributed by atoms with van der Waals surface area (Å²) >= 11 is 0. The number of hydrogen-bond donors (Lipinski definition) is 2. The Bertz CT molecular complexity index is 532. The van der Waals surface area contributed by atoms with Crippen LogP contribution in [0.2, 0.25) is 0 Å². The molecule has 8 nitrogen and oxygen atoms in total. The van der Waals surface area contributed by atoms with Crippen molar-refractivity contribution in [3.8, 4) is 0 Å². The number of hydrogen-bond acceptors (Lipinski definition) is 7. The monoisotopic (exact) mass is 248 g/mol. The van der Waals surface area contributed by atoms with Gasteiger partial charge in [0.2, 0.25) is 17.8 Å². The van der Waals surface area contributed by atoms with E-state index in [-0.39, 0.29) is 5.95 Å². The average Bonchev–Trinajstić information content (AvgIpc) is 2.76. The molecular weight excluding hydrogens is 232 g/mol. The molecule has 2 aromatic rings. The predicted molar refractivity (Wildman–Crippen MR) is 69.8 cm³/mol. The highest BCUT2D eigenvalue weighted by atomic mass is 15.3. The van der Waals surface area contributed by atoms with Crippen LogP contribution in [-0.4, -0.2) is 38.8 Å². The maximum Gasteiger partial charge on any atom is 0.235 e. The predicted octanol–water partition coefficient (Wildman–Crippen LogP) is 0.480. The summed E-state index contributed by atoms with van der Waals surface area (Å²) in [5.41, 5.74) is 5.63. The van der Waals surface area contributed by atoms with Crippen LogP contribution in [0.4, 0.5) is 23.7 Å². The van der Waals surface area contributed by atoms with E-state index in [0.29, 0.717) is 17.7 Å². The van der Waals surface area contributed by atoms with Gasteiger partial charge in [0.25, 0.3) is 0 Å². The lowest BCUT2D eigenvalue weighted by Gasteiger charge is -2.11. The molecule has 0 aliphatic carbocycles. The first-order valence-electron chi connectivity index (χ1n) is 5.58. The lowest BCUT2D eigenvalue weighted by atomic mass is 10.6. The van der Waals surface area contributed by atoms with Gasteiger partial charge >= 0.3 is 0 Å². The third-order valence-corrected chi connectivity index (χ3v) is 2.25. The van der Waals surface area contributed by atoms with E-state index in [2.05, 4.69) is 25.4 Å². The highest BCUT2D eigenvalue weighted by Gasteiger charge is 2.07. The van der Waals surface area contributed by atoms with Crippen molar-refractivity contribution in [3.63, 3.8) is 0 Å². The van der Waals surface area contributed by atoms with Crippen LogP contribution in [0.1, 0.15) is 6.92 Å². The molecule has 0 amide bonds. The van der Waals surface area contributed by atoms with Gasteiger partial charge in [-0.25, -0.2) is 0 Å². The highest BCUT2D eigenvalue weighted by molar-refractivity contribution is 5.50. The van der Waals surface area contributed by atoms with Gasteiger partial charge in [-0.2, -0.15) is 20.1 Å². The first kappa shape index (κ1) is 12.1. The molecule has 0 bridgehead atoms. The van der Waals surface area contributed by atoms with Gasteiger partial charge in [-0.3, -0.25) is 4.68 Å². The van der Waals surface area contributed by atoms with Gasteiger partial charge in [0.1, 0.15) is 0 Å². The number of nitrogens with one attached hydrogen (secondary N) is 1. The molecule has 96 valence electrons. The molecule has 0 atom stereocenters. The van der Waals surface area contributed by atoms with Crippen molar-refractivity contribution in [2.75, 3.05) is 30.0 Å². The Balaban J connectivity index is 2.23.